The largest absolute Gasteiger partial charge is 0.357 e. The maximum atomic E-state index is 4.66. The third kappa shape index (κ3) is 6.54. The lowest BCUT2D eigenvalue weighted by Gasteiger charge is -2.23. The van der Waals surface area contributed by atoms with E-state index in [0.29, 0.717) is 12.6 Å². The molecule has 0 spiro atoms. The lowest BCUT2D eigenvalue weighted by molar-refractivity contribution is 0.267. The van der Waals surface area contributed by atoms with Crippen molar-refractivity contribution in [3.8, 4) is 0 Å². The summed E-state index contributed by atoms with van der Waals surface area (Å²) in [5.74, 6) is 0.900. The third-order valence-electron chi connectivity index (χ3n) is 4.06. The summed E-state index contributed by atoms with van der Waals surface area (Å²) in [6.45, 7) is 11.3. The van der Waals surface area contributed by atoms with Crippen LogP contribution in [0.25, 0.3) is 0 Å². The van der Waals surface area contributed by atoms with Crippen LogP contribution in [0, 0.1) is 0 Å². The number of likely N-dealkylation sites (N-methyl/N-ethyl adjacent to an activating group) is 1. The Kier molecular flexibility index (Phi) is 10.0. The number of aromatic nitrogens is 1. The third-order valence-corrected chi connectivity index (χ3v) is 5.10. The van der Waals surface area contributed by atoms with Gasteiger partial charge in [0.1, 0.15) is 0 Å². The molecule has 2 N–H and O–H groups in total. The number of nitrogens with one attached hydrogen (secondary N) is 2. The monoisotopic (exact) mass is 451 g/mol. The fourth-order valence-electron chi connectivity index (χ4n) is 2.84. The van der Waals surface area contributed by atoms with E-state index in [-0.39, 0.29) is 24.0 Å². The molecule has 2 heterocycles. The zero-order valence-electron chi connectivity index (χ0n) is 14.5. The smallest absolute Gasteiger partial charge is 0.191 e. The highest BCUT2D eigenvalue weighted by Gasteiger charge is 2.22. The van der Waals surface area contributed by atoms with E-state index in [4.69, 9.17) is 0 Å². The number of thiazole rings is 1. The van der Waals surface area contributed by atoms with E-state index in [1.165, 1.54) is 24.4 Å². The Morgan fingerprint density at radius 3 is 2.87 bits per heavy atom. The van der Waals surface area contributed by atoms with Crippen LogP contribution in [0.2, 0.25) is 0 Å². The molecule has 1 aromatic heterocycles. The second kappa shape index (κ2) is 11.2. The maximum Gasteiger partial charge on any atom is 0.191 e. The minimum Gasteiger partial charge on any atom is -0.357 e. The molecule has 132 valence electrons. The normalized spacial score (nSPS) is 18.7. The van der Waals surface area contributed by atoms with Crippen molar-refractivity contribution in [2.24, 2.45) is 4.99 Å². The standard InChI is InChI=1S/C16H29N5S.HI/c1-4-15-20-13(12-22-15)10-18-16(17-5-2)19-11-14-8-7-9-21(14)6-3;/h12,14H,4-11H2,1-3H3,(H2,17,18,19);1H. The van der Waals surface area contributed by atoms with Crippen molar-refractivity contribution in [3.05, 3.63) is 16.1 Å². The number of rotatable bonds is 7. The predicted molar refractivity (Wildman–Crippen MR) is 110 cm³/mol. The van der Waals surface area contributed by atoms with Gasteiger partial charge in [-0.1, -0.05) is 13.8 Å². The average molecular weight is 451 g/mol. The Morgan fingerprint density at radius 2 is 2.22 bits per heavy atom. The first kappa shape index (κ1) is 20.6. The molecular weight excluding hydrogens is 421 g/mol. The SMILES string of the molecule is CCNC(=NCc1csc(CC)n1)NCC1CCCN1CC.I. The molecule has 0 amide bonds. The van der Waals surface area contributed by atoms with Crippen LogP contribution in [-0.2, 0) is 13.0 Å². The highest BCUT2D eigenvalue weighted by Crippen LogP contribution is 2.15. The molecule has 23 heavy (non-hydrogen) atoms. The Morgan fingerprint density at radius 1 is 1.39 bits per heavy atom. The summed E-state index contributed by atoms with van der Waals surface area (Å²) < 4.78 is 0. The van der Waals surface area contributed by atoms with Gasteiger partial charge < -0.3 is 10.6 Å². The molecule has 1 unspecified atom stereocenters. The Labute approximate surface area is 161 Å². The number of guanidine groups is 1. The lowest BCUT2D eigenvalue weighted by Crippen LogP contribution is -2.44. The summed E-state index contributed by atoms with van der Waals surface area (Å²) in [4.78, 5) is 11.8. The molecule has 1 aliphatic heterocycles. The molecule has 0 radical (unpaired) electrons. The van der Waals surface area contributed by atoms with Gasteiger partial charge in [0.2, 0.25) is 0 Å². The number of likely N-dealkylation sites (tertiary alicyclic amines) is 1. The predicted octanol–water partition coefficient (Wildman–Crippen LogP) is 2.86. The van der Waals surface area contributed by atoms with E-state index in [1.54, 1.807) is 11.3 Å². The summed E-state index contributed by atoms with van der Waals surface area (Å²) in [5, 5.41) is 10.1. The topological polar surface area (TPSA) is 52.6 Å². The highest BCUT2D eigenvalue weighted by atomic mass is 127. The second-order valence-electron chi connectivity index (χ2n) is 5.59. The molecule has 5 nitrogen and oxygen atoms in total. The maximum absolute atomic E-state index is 4.66. The first-order chi connectivity index (χ1) is 10.8. The molecule has 2 rings (SSSR count). The van der Waals surface area contributed by atoms with Crippen molar-refractivity contribution in [1.82, 2.24) is 20.5 Å². The van der Waals surface area contributed by atoms with Gasteiger partial charge in [0, 0.05) is 24.5 Å². The second-order valence-corrected chi connectivity index (χ2v) is 6.53. The Hall–Kier alpha value is -0.410. The minimum atomic E-state index is 0. The average Bonchev–Trinajstić information content (AvgIpc) is 3.18. The molecule has 1 fully saturated rings. The van der Waals surface area contributed by atoms with E-state index in [9.17, 15) is 0 Å². The summed E-state index contributed by atoms with van der Waals surface area (Å²) in [6, 6.07) is 0.639. The van der Waals surface area contributed by atoms with Crippen LogP contribution in [0.4, 0.5) is 0 Å². The lowest BCUT2D eigenvalue weighted by atomic mass is 10.2. The van der Waals surface area contributed by atoms with Gasteiger partial charge in [-0.15, -0.1) is 35.3 Å². The number of halogens is 1. The van der Waals surface area contributed by atoms with E-state index in [2.05, 4.69) is 51.7 Å². The number of aliphatic imine (C=N–C) groups is 1. The zero-order valence-corrected chi connectivity index (χ0v) is 17.6. The molecule has 1 saturated heterocycles. The quantitative estimate of drug-likeness (QED) is 0.381. The molecule has 1 aliphatic rings. The van der Waals surface area contributed by atoms with Crippen molar-refractivity contribution in [2.75, 3.05) is 26.2 Å². The van der Waals surface area contributed by atoms with Crippen molar-refractivity contribution < 1.29 is 0 Å². The van der Waals surface area contributed by atoms with Gasteiger partial charge in [0.25, 0.3) is 0 Å². The van der Waals surface area contributed by atoms with Crippen LogP contribution < -0.4 is 10.6 Å². The molecule has 0 saturated carbocycles. The highest BCUT2D eigenvalue weighted by molar-refractivity contribution is 14.0. The summed E-state index contributed by atoms with van der Waals surface area (Å²) in [7, 11) is 0. The minimum absolute atomic E-state index is 0. The number of nitrogens with zero attached hydrogens (tertiary/aromatic N) is 3. The fourth-order valence-corrected chi connectivity index (χ4v) is 3.58. The van der Waals surface area contributed by atoms with Gasteiger partial charge in [-0.05, 0) is 39.3 Å². The fraction of sp³-hybridized carbons (Fsp3) is 0.750. The number of hydrogen-bond acceptors (Lipinski definition) is 4. The van der Waals surface area contributed by atoms with E-state index < -0.39 is 0 Å². The molecular formula is C16H30IN5S. The Bertz CT molecular complexity index is 477. The van der Waals surface area contributed by atoms with Crippen molar-refractivity contribution in [2.45, 2.75) is 52.6 Å². The van der Waals surface area contributed by atoms with E-state index in [1.807, 2.05) is 0 Å². The van der Waals surface area contributed by atoms with Crippen LogP contribution in [0.15, 0.2) is 10.4 Å². The van der Waals surface area contributed by atoms with Crippen LogP contribution in [-0.4, -0.2) is 48.1 Å². The number of aryl methyl sites for hydroxylation is 1. The molecule has 0 aromatic carbocycles. The van der Waals surface area contributed by atoms with Gasteiger partial charge >= 0.3 is 0 Å². The van der Waals surface area contributed by atoms with Gasteiger partial charge in [-0.25, -0.2) is 9.98 Å². The van der Waals surface area contributed by atoms with Crippen LogP contribution in [0.5, 0.6) is 0 Å². The zero-order chi connectivity index (χ0) is 15.8. The summed E-state index contributed by atoms with van der Waals surface area (Å²) in [6.07, 6.45) is 3.60. The van der Waals surface area contributed by atoms with Crippen LogP contribution in [0.3, 0.4) is 0 Å². The Balaban J connectivity index is 0.00000264. The van der Waals surface area contributed by atoms with Gasteiger partial charge in [-0.3, -0.25) is 4.90 Å². The van der Waals surface area contributed by atoms with E-state index >= 15 is 0 Å². The molecule has 0 aliphatic carbocycles. The van der Waals surface area contributed by atoms with Crippen molar-refractivity contribution in [3.63, 3.8) is 0 Å². The molecule has 1 aromatic rings. The van der Waals surface area contributed by atoms with Gasteiger partial charge in [0.05, 0.1) is 17.2 Å². The van der Waals surface area contributed by atoms with Crippen LogP contribution in [0.1, 0.15) is 44.3 Å². The summed E-state index contributed by atoms with van der Waals surface area (Å²) in [5.41, 5.74) is 1.06. The van der Waals surface area contributed by atoms with Crippen molar-refractivity contribution >= 4 is 41.3 Å². The molecule has 7 heteroatoms. The van der Waals surface area contributed by atoms with E-state index in [0.717, 1.165) is 37.7 Å². The first-order valence-electron chi connectivity index (χ1n) is 8.46. The van der Waals surface area contributed by atoms with Gasteiger partial charge in [-0.2, -0.15) is 0 Å². The number of hydrogen-bond donors (Lipinski definition) is 2. The van der Waals surface area contributed by atoms with Crippen molar-refractivity contribution in [1.29, 1.82) is 0 Å². The summed E-state index contributed by atoms with van der Waals surface area (Å²) >= 11 is 1.72. The van der Waals surface area contributed by atoms with Crippen LogP contribution >= 0.6 is 35.3 Å². The first-order valence-corrected chi connectivity index (χ1v) is 9.34. The molecule has 1 atom stereocenters. The van der Waals surface area contributed by atoms with Gasteiger partial charge in [0.15, 0.2) is 5.96 Å². The molecule has 0 bridgehead atoms.